The molecule has 3 nitrogen and oxygen atoms in total. The minimum atomic E-state index is -0.342. The van der Waals surface area contributed by atoms with Gasteiger partial charge in [-0.25, -0.2) is 4.39 Å². The molecule has 0 radical (unpaired) electrons. The molecule has 0 bridgehead atoms. The highest BCUT2D eigenvalue weighted by Gasteiger charge is 2.08. The van der Waals surface area contributed by atoms with Gasteiger partial charge < -0.3 is 5.32 Å². The van der Waals surface area contributed by atoms with Gasteiger partial charge in [0, 0.05) is 28.5 Å². The lowest BCUT2D eigenvalue weighted by atomic mass is 10.2. The number of pyridine rings is 1. The Morgan fingerprint density at radius 3 is 2.84 bits per heavy atom. The summed E-state index contributed by atoms with van der Waals surface area (Å²) in [5.74, 6) is -0.614. The van der Waals surface area contributed by atoms with E-state index in [1.165, 1.54) is 12.3 Å². The zero-order valence-electron chi connectivity index (χ0n) is 10.3. The van der Waals surface area contributed by atoms with E-state index in [1.54, 1.807) is 24.3 Å². The van der Waals surface area contributed by atoms with Crippen molar-refractivity contribution in [2.45, 2.75) is 13.5 Å². The smallest absolute Gasteiger partial charge is 0.253 e. The van der Waals surface area contributed by atoms with E-state index in [-0.39, 0.29) is 18.3 Å². The molecule has 1 N–H and O–H groups in total. The second kappa shape index (κ2) is 5.93. The van der Waals surface area contributed by atoms with E-state index in [1.807, 2.05) is 6.92 Å². The first kappa shape index (κ1) is 13.7. The molecule has 1 amide bonds. The number of nitrogens with one attached hydrogen (secondary N) is 1. The zero-order chi connectivity index (χ0) is 13.8. The second-order valence-electron chi connectivity index (χ2n) is 4.11. The molecule has 0 aliphatic carbocycles. The summed E-state index contributed by atoms with van der Waals surface area (Å²) in [5.41, 5.74) is 1.73. The fourth-order valence-electron chi connectivity index (χ4n) is 1.56. The molecule has 1 aromatic carbocycles. The van der Waals surface area contributed by atoms with Gasteiger partial charge in [0.25, 0.3) is 5.91 Å². The first-order valence-electron chi connectivity index (χ1n) is 5.71. The average Bonchev–Trinajstić information content (AvgIpc) is 2.40. The van der Waals surface area contributed by atoms with Crippen LogP contribution in [-0.2, 0) is 6.54 Å². The number of carbonyl (C=O) groups is 1. The van der Waals surface area contributed by atoms with E-state index in [4.69, 9.17) is 0 Å². The van der Waals surface area contributed by atoms with Gasteiger partial charge in [0.2, 0.25) is 0 Å². The van der Waals surface area contributed by atoms with Crippen LogP contribution in [0.5, 0.6) is 0 Å². The van der Waals surface area contributed by atoms with E-state index in [2.05, 4.69) is 26.2 Å². The number of carbonyl (C=O) groups excluding carboxylic acids is 1. The van der Waals surface area contributed by atoms with Crippen molar-refractivity contribution in [1.82, 2.24) is 10.3 Å². The Labute approximate surface area is 119 Å². The number of rotatable bonds is 3. The minimum absolute atomic E-state index is 0.137. The summed E-state index contributed by atoms with van der Waals surface area (Å²) in [5, 5.41) is 2.66. The summed E-state index contributed by atoms with van der Waals surface area (Å²) >= 11 is 3.27. The molecule has 0 spiro atoms. The molecule has 0 saturated carbocycles. The van der Waals surface area contributed by atoms with Crippen LogP contribution in [0.15, 0.2) is 41.0 Å². The zero-order valence-corrected chi connectivity index (χ0v) is 11.9. The third kappa shape index (κ3) is 3.61. The van der Waals surface area contributed by atoms with Crippen molar-refractivity contribution in [3.8, 4) is 0 Å². The summed E-state index contributed by atoms with van der Waals surface area (Å²) in [7, 11) is 0. The van der Waals surface area contributed by atoms with Crippen LogP contribution in [0.4, 0.5) is 4.39 Å². The molecule has 2 aromatic rings. The maximum atomic E-state index is 13.5. The Bertz CT molecular complexity index is 599. The van der Waals surface area contributed by atoms with Gasteiger partial charge >= 0.3 is 0 Å². The normalized spacial score (nSPS) is 10.3. The van der Waals surface area contributed by atoms with Crippen LogP contribution in [-0.4, -0.2) is 10.9 Å². The monoisotopic (exact) mass is 322 g/mol. The van der Waals surface area contributed by atoms with Crippen LogP contribution in [0.2, 0.25) is 0 Å². The third-order valence-electron chi connectivity index (χ3n) is 2.62. The third-order valence-corrected chi connectivity index (χ3v) is 3.11. The molecule has 0 aliphatic heterocycles. The van der Waals surface area contributed by atoms with Crippen LogP contribution in [0.3, 0.4) is 0 Å². The molecule has 0 fully saturated rings. The van der Waals surface area contributed by atoms with Gasteiger partial charge in [0.05, 0.1) is 5.56 Å². The molecule has 0 unspecified atom stereocenters. The first-order chi connectivity index (χ1) is 9.06. The molecule has 1 aromatic heterocycles. The second-order valence-corrected chi connectivity index (χ2v) is 5.02. The molecule has 0 saturated heterocycles. The van der Waals surface area contributed by atoms with E-state index in [9.17, 15) is 9.18 Å². The van der Waals surface area contributed by atoms with Crippen LogP contribution in [0.1, 0.15) is 21.6 Å². The standard InChI is InChI=1S/C14H12BrFN2O/c1-9-2-3-10(7-17-9)14(19)18-8-11-6-12(15)4-5-13(11)16/h2-7H,8H2,1H3,(H,18,19). The number of hydrogen-bond acceptors (Lipinski definition) is 2. The number of benzene rings is 1. The van der Waals surface area contributed by atoms with Gasteiger partial charge in [-0.2, -0.15) is 0 Å². The van der Waals surface area contributed by atoms with Crippen molar-refractivity contribution in [3.63, 3.8) is 0 Å². The summed E-state index contributed by atoms with van der Waals surface area (Å²) in [6.45, 7) is 1.98. The quantitative estimate of drug-likeness (QED) is 0.942. The van der Waals surface area contributed by atoms with Crippen molar-refractivity contribution >= 4 is 21.8 Å². The molecule has 5 heteroatoms. The van der Waals surface area contributed by atoms with Crippen molar-refractivity contribution in [2.24, 2.45) is 0 Å². The fraction of sp³-hybridized carbons (Fsp3) is 0.143. The molecule has 1 heterocycles. The lowest BCUT2D eigenvalue weighted by Crippen LogP contribution is -2.23. The number of amides is 1. The Hall–Kier alpha value is -1.75. The van der Waals surface area contributed by atoms with E-state index in [0.29, 0.717) is 11.1 Å². The molecule has 2 rings (SSSR count). The lowest BCUT2D eigenvalue weighted by Gasteiger charge is -2.07. The van der Waals surface area contributed by atoms with Gasteiger partial charge in [-0.05, 0) is 37.3 Å². The van der Waals surface area contributed by atoms with Gasteiger partial charge in [0.1, 0.15) is 5.82 Å². The maximum Gasteiger partial charge on any atom is 0.253 e. The molecule has 98 valence electrons. The van der Waals surface area contributed by atoms with Gasteiger partial charge in [-0.15, -0.1) is 0 Å². The first-order valence-corrected chi connectivity index (χ1v) is 6.50. The number of hydrogen-bond donors (Lipinski definition) is 1. The largest absolute Gasteiger partial charge is 0.348 e. The highest BCUT2D eigenvalue weighted by molar-refractivity contribution is 9.10. The predicted molar refractivity (Wildman–Crippen MR) is 74.2 cm³/mol. The van der Waals surface area contributed by atoms with Gasteiger partial charge in [-0.1, -0.05) is 15.9 Å². The number of halogens is 2. The van der Waals surface area contributed by atoms with Gasteiger partial charge in [-0.3, -0.25) is 9.78 Å². The van der Waals surface area contributed by atoms with E-state index >= 15 is 0 Å². The number of aromatic nitrogens is 1. The van der Waals surface area contributed by atoms with E-state index in [0.717, 1.165) is 10.2 Å². The Balaban J connectivity index is 2.04. The average molecular weight is 323 g/mol. The Morgan fingerprint density at radius 2 is 2.16 bits per heavy atom. The Kier molecular flexibility index (Phi) is 4.27. The van der Waals surface area contributed by atoms with E-state index < -0.39 is 0 Å². The van der Waals surface area contributed by atoms with Crippen molar-refractivity contribution in [3.05, 3.63) is 63.6 Å². The summed E-state index contributed by atoms with van der Waals surface area (Å²) in [4.78, 5) is 15.9. The molecule has 0 atom stereocenters. The maximum absolute atomic E-state index is 13.5. The van der Waals surface area contributed by atoms with Crippen LogP contribution >= 0.6 is 15.9 Å². The van der Waals surface area contributed by atoms with Crippen LogP contribution in [0, 0.1) is 12.7 Å². The van der Waals surface area contributed by atoms with Crippen molar-refractivity contribution < 1.29 is 9.18 Å². The molecule has 19 heavy (non-hydrogen) atoms. The van der Waals surface area contributed by atoms with Crippen molar-refractivity contribution in [1.29, 1.82) is 0 Å². The summed E-state index contributed by atoms with van der Waals surface area (Å²) < 4.78 is 14.3. The number of aryl methyl sites for hydroxylation is 1. The fourth-order valence-corrected chi connectivity index (χ4v) is 1.97. The highest BCUT2D eigenvalue weighted by Crippen LogP contribution is 2.15. The van der Waals surface area contributed by atoms with Crippen LogP contribution in [0.25, 0.3) is 0 Å². The highest BCUT2D eigenvalue weighted by atomic mass is 79.9. The molecule has 0 aliphatic rings. The SMILES string of the molecule is Cc1ccc(C(=O)NCc2cc(Br)ccc2F)cn1. The predicted octanol–water partition coefficient (Wildman–Crippen LogP) is 3.22. The molecular weight excluding hydrogens is 311 g/mol. The van der Waals surface area contributed by atoms with Crippen molar-refractivity contribution in [2.75, 3.05) is 0 Å². The number of nitrogens with zero attached hydrogens (tertiary/aromatic N) is 1. The summed E-state index contributed by atoms with van der Waals surface area (Å²) in [6.07, 6.45) is 1.50. The Morgan fingerprint density at radius 1 is 1.37 bits per heavy atom. The lowest BCUT2D eigenvalue weighted by molar-refractivity contribution is 0.0950. The minimum Gasteiger partial charge on any atom is -0.348 e. The topological polar surface area (TPSA) is 42.0 Å². The van der Waals surface area contributed by atoms with Gasteiger partial charge in [0.15, 0.2) is 0 Å². The van der Waals surface area contributed by atoms with Crippen LogP contribution < -0.4 is 5.32 Å². The summed E-state index contributed by atoms with van der Waals surface area (Å²) in [6, 6.07) is 8.07. The molecular formula is C14H12BrFN2O.